The van der Waals surface area contributed by atoms with E-state index in [4.69, 9.17) is 9.47 Å². The summed E-state index contributed by atoms with van der Waals surface area (Å²) < 4.78 is 10.2. The van der Waals surface area contributed by atoms with Gasteiger partial charge in [0.2, 0.25) is 5.88 Å². The van der Waals surface area contributed by atoms with Crippen molar-refractivity contribution in [3.05, 3.63) is 21.9 Å². The van der Waals surface area contributed by atoms with Gasteiger partial charge in [-0.25, -0.2) is 0 Å². The smallest absolute Gasteiger partial charge is 0.203 e. The molecule has 0 amide bonds. The number of rotatable bonds is 5. The van der Waals surface area contributed by atoms with Crippen molar-refractivity contribution in [2.75, 3.05) is 34.9 Å². The molecule has 1 aliphatic rings. The Morgan fingerprint density at radius 2 is 2.09 bits per heavy atom. The number of H-pyrrole nitrogens is 1. The number of nitrogens with zero attached hydrogens (tertiary/aromatic N) is 1. The van der Waals surface area contributed by atoms with Crippen molar-refractivity contribution in [3.8, 4) is 11.8 Å². The van der Waals surface area contributed by atoms with Crippen LogP contribution in [0, 0.1) is 5.92 Å². The lowest BCUT2D eigenvalue weighted by molar-refractivity contribution is -0.0767. The molecule has 7 nitrogen and oxygen atoms in total. The van der Waals surface area contributed by atoms with Crippen LogP contribution in [0.5, 0.6) is 11.8 Å². The molecule has 1 aromatic heterocycles. The van der Waals surface area contributed by atoms with Crippen molar-refractivity contribution in [1.29, 1.82) is 0 Å². The van der Waals surface area contributed by atoms with Crippen LogP contribution < -0.4 is 14.9 Å². The molecular formula is C15H24N2O5. The normalized spacial score (nSPS) is 28.1. The monoisotopic (exact) mass is 312 g/mol. The minimum atomic E-state index is -1.62. The van der Waals surface area contributed by atoms with Gasteiger partial charge in [0.05, 0.1) is 25.9 Å². The number of nitrogens with one attached hydrogen (secondary N) is 1. The van der Waals surface area contributed by atoms with Crippen LogP contribution in [0.1, 0.15) is 18.4 Å². The summed E-state index contributed by atoms with van der Waals surface area (Å²) in [5.41, 5.74) is -1.98. The number of aliphatic hydroxyl groups is 2. The number of hydrogen-bond acceptors (Lipinski definition) is 6. The molecule has 1 aliphatic carbocycles. The highest BCUT2D eigenvalue weighted by Gasteiger charge is 2.50. The molecule has 0 spiro atoms. The fourth-order valence-electron chi connectivity index (χ4n) is 3.22. The van der Waals surface area contributed by atoms with Crippen LogP contribution in [0.15, 0.2) is 10.9 Å². The molecule has 3 atom stereocenters. The number of aromatic amines is 1. The molecule has 0 radical (unpaired) electrons. The highest BCUT2D eigenvalue weighted by molar-refractivity contribution is 5.37. The molecule has 0 saturated heterocycles. The van der Waals surface area contributed by atoms with Crippen LogP contribution >= 0.6 is 0 Å². The van der Waals surface area contributed by atoms with E-state index in [-0.39, 0.29) is 23.2 Å². The first-order valence-electron chi connectivity index (χ1n) is 7.24. The highest BCUT2D eigenvalue weighted by atomic mass is 16.5. The van der Waals surface area contributed by atoms with Gasteiger partial charge in [-0.15, -0.1) is 0 Å². The fraction of sp³-hybridized carbons (Fsp3) is 0.667. The van der Waals surface area contributed by atoms with Gasteiger partial charge in [0.25, 0.3) is 0 Å². The largest absolute Gasteiger partial charge is 0.482 e. The predicted octanol–water partition coefficient (Wildman–Crippen LogP) is -0.0878. The third-order valence-electron chi connectivity index (χ3n) is 4.26. The second-order valence-electron chi connectivity index (χ2n) is 6.04. The van der Waals surface area contributed by atoms with E-state index in [9.17, 15) is 15.0 Å². The average Bonchev–Trinajstić information content (AvgIpc) is 2.74. The van der Waals surface area contributed by atoms with Crippen molar-refractivity contribution in [1.82, 2.24) is 9.88 Å². The summed E-state index contributed by atoms with van der Waals surface area (Å²) in [6.45, 7) is 0.639. The van der Waals surface area contributed by atoms with Crippen LogP contribution in [-0.2, 0) is 5.60 Å². The maximum atomic E-state index is 12.4. The predicted molar refractivity (Wildman–Crippen MR) is 81.3 cm³/mol. The second kappa shape index (κ2) is 6.28. The summed E-state index contributed by atoms with van der Waals surface area (Å²) in [6, 6.07) is 1.25. The van der Waals surface area contributed by atoms with Crippen LogP contribution in [0.4, 0.5) is 0 Å². The van der Waals surface area contributed by atoms with Crippen LogP contribution in [0.25, 0.3) is 0 Å². The molecule has 2 rings (SSSR count). The minimum Gasteiger partial charge on any atom is -0.482 e. The van der Waals surface area contributed by atoms with Gasteiger partial charge in [-0.05, 0) is 26.9 Å². The minimum absolute atomic E-state index is 0.0598. The Kier molecular flexibility index (Phi) is 4.79. The van der Waals surface area contributed by atoms with Crippen molar-refractivity contribution < 1.29 is 19.7 Å². The van der Waals surface area contributed by atoms with Gasteiger partial charge >= 0.3 is 0 Å². The lowest BCUT2D eigenvalue weighted by Gasteiger charge is -2.30. The number of pyridine rings is 1. The molecule has 0 unspecified atom stereocenters. The van der Waals surface area contributed by atoms with Gasteiger partial charge in [-0.3, -0.25) is 9.78 Å². The number of aliphatic hydroxyl groups excluding tert-OH is 1. The summed E-state index contributed by atoms with van der Waals surface area (Å²) in [5.74, 6) is 0.258. The van der Waals surface area contributed by atoms with Gasteiger partial charge in [-0.2, -0.15) is 0 Å². The summed E-state index contributed by atoms with van der Waals surface area (Å²) in [5, 5.41) is 21.5. The lowest BCUT2D eigenvalue weighted by atomic mass is 9.88. The molecule has 0 aliphatic heterocycles. The fourth-order valence-corrected chi connectivity index (χ4v) is 3.22. The quantitative estimate of drug-likeness (QED) is 0.703. The Morgan fingerprint density at radius 3 is 2.64 bits per heavy atom. The maximum absolute atomic E-state index is 12.4. The zero-order chi connectivity index (χ0) is 16.5. The molecule has 0 aromatic carbocycles. The van der Waals surface area contributed by atoms with Gasteiger partial charge in [0.1, 0.15) is 5.60 Å². The van der Waals surface area contributed by atoms with Crippen molar-refractivity contribution in [2.45, 2.75) is 24.5 Å². The van der Waals surface area contributed by atoms with E-state index in [0.29, 0.717) is 19.4 Å². The molecule has 1 fully saturated rings. The summed E-state index contributed by atoms with van der Waals surface area (Å²) >= 11 is 0. The molecule has 1 heterocycles. The topological polar surface area (TPSA) is 95.0 Å². The zero-order valence-electron chi connectivity index (χ0n) is 13.4. The van der Waals surface area contributed by atoms with Crippen molar-refractivity contribution >= 4 is 0 Å². The number of aromatic nitrogens is 1. The van der Waals surface area contributed by atoms with Gasteiger partial charge < -0.3 is 24.6 Å². The van der Waals surface area contributed by atoms with E-state index in [1.807, 2.05) is 19.0 Å². The van der Waals surface area contributed by atoms with Crippen LogP contribution in [0.3, 0.4) is 0 Å². The molecule has 3 N–H and O–H groups in total. The number of hydrogen-bond donors (Lipinski definition) is 3. The first kappa shape index (κ1) is 16.8. The van der Waals surface area contributed by atoms with Crippen molar-refractivity contribution in [3.63, 3.8) is 0 Å². The van der Waals surface area contributed by atoms with Crippen molar-refractivity contribution in [2.24, 2.45) is 5.92 Å². The number of methoxy groups -OCH3 is 2. The number of ether oxygens (including phenoxy) is 2. The molecule has 124 valence electrons. The molecular weight excluding hydrogens is 288 g/mol. The Morgan fingerprint density at radius 1 is 1.41 bits per heavy atom. The Bertz CT molecular complexity index is 586. The Hall–Kier alpha value is -1.57. The van der Waals surface area contributed by atoms with E-state index in [1.165, 1.54) is 20.3 Å². The second-order valence-corrected chi connectivity index (χ2v) is 6.04. The summed E-state index contributed by atoms with van der Waals surface area (Å²) in [6.07, 6.45) is -0.0959. The van der Waals surface area contributed by atoms with Gasteiger partial charge in [0.15, 0.2) is 11.3 Å². The van der Waals surface area contributed by atoms with E-state index < -0.39 is 17.1 Å². The summed E-state index contributed by atoms with van der Waals surface area (Å²) in [7, 11) is 6.64. The van der Waals surface area contributed by atoms with Gasteiger partial charge in [0, 0.05) is 18.5 Å². The standard InChI is InChI=1S/C15H24N2O5/c1-17(2)8-9-5-6-15(20,13(9)19)12-10(18)7-11(21-3)16-14(12)22-4/h7,9,13,19-20H,5-6,8H2,1-4H3,(H,16,18)/t9-,13+,15+/m1/s1. The lowest BCUT2D eigenvalue weighted by Crippen LogP contribution is -2.43. The third kappa shape index (κ3) is 2.84. The van der Waals surface area contributed by atoms with E-state index in [2.05, 4.69) is 4.98 Å². The van der Waals surface area contributed by atoms with E-state index in [0.717, 1.165) is 0 Å². The highest BCUT2D eigenvalue weighted by Crippen LogP contribution is 2.44. The first-order valence-corrected chi connectivity index (χ1v) is 7.24. The Labute approximate surface area is 129 Å². The molecule has 22 heavy (non-hydrogen) atoms. The zero-order valence-corrected chi connectivity index (χ0v) is 13.4. The van der Waals surface area contributed by atoms with Crippen LogP contribution in [-0.4, -0.2) is 61.1 Å². The van der Waals surface area contributed by atoms with Gasteiger partial charge in [-0.1, -0.05) is 0 Å². The summed E-state index contributed by atoms with van der Waals surface area (Å²) in [4.78, 5) is 17.1. The first-order chi connectivity index (χ1) is 10.3. The molecule has 1 aromatic rings. The third-order valence-corrected chi connectivity index (χ3v) is 4.26. The SMILES string of the molecule is COc1cc(=O)c([C@@]2(O)CC[C@H](CN(C)C)[C@@H]2O)c(OC)[nH]1. The molecule has 1 saturated carbocycles. The Balaban J connectivity index is 2.45. The van der Waals surface area contributed by atoms with E-state index in [1.54, 1.807) is 0 Å². The average molecular weight is 312 g/mol. The molecule has 7 heteroatoms. The maximum Gasteiger partial charge on any atom is 0.203 e. The van der Waals surface area contributed by atoms with Crippen LogP contribution in [0.2, 0.25) is 0 Å². The van der Waals surface area contributed by atoms with E-state index >= 15 is 0 Å². The molecule has 0 bridgehead atoms.